The highest BCUT2D eigenvalue weighted by atomic mass is 16.6. The van der Waals surface area contributed by atoms with Crippen LogP contribution in [0.4, 0.5) is 0 Å². The summed E-state index contributed by atoms with van der Waals surface area (Å²) in [5.74, 6) is -0.238. The third-order valence-electron chi connectivity index (χ3n) is 5.29. The van der Waals surface area contributed by atoms with Crippen LogP contribution in [0.5, 0.6) is 5.75 Å². The van der Waals surface area contributed by atoms with Crippen LogP contribution in [0.15, 0.2) is 59.8 Å². The fourth-order valence-electron chi connectivity index (χ4n) is 3.52. The second kappa shape index (κ2) is 8.51. The number of carbonyl (C=O) groups excluding carboxylic acids is 1. The number of benzene rings is 2. The van der Waals surface area contributed by atoms with Gasteiger partial charge in [-0.2, -0.15) is 0 Å². The Labute approximate surface area is 174 Å². The van der Waals surface area contributed by atoms with Crippen molar-refractivity contribution < 1.29 is 19.6 Å². The number of aryl methyl sites for hydroxylation is 1. The summed E-state index contributed by atoms with van der Waals surface area (Å²) in [6.07, 6.45) is 0.100. The highest BCUT2D eigenvalue weighted by molar-refractivity contribution is 6.01. The Bertz CT molecular complexity index is 1100. The Morgan fingerprint density at radius 3 is 2.80 bits per heavy atom. The van der Waals surface area contributed by atoms with Crippen molar-refractivity contribution in [1.29, 1.82) is 0 Å². The van der Waals surface area contributed by atoms with Crippen LogP contribution >= 0.6 is 0 Å². The number of fused-ring (bicyclic) bond motifs is 1. The van der Waals surface area contributed by atoms with Crippen molar-refractivity contribution >= 4 is 22.5 Å². The van der Waals surface area contributed by atoms with Crippen molar-refractivity contribution in [3.05, 3.63) is 71.4 Å². The van der Waals surface area contributed by atoms with Crippen LogP contribution in [0.3, 0.4) is 0 Å². The van der Waals surface area contributed by atoms with Crippen molar-refractivity contribution in [3.8, 4) is 5.75 Å². The van der Waals surface area contributed by atoms with Gasteiger partial charge in [0.05, 0.1) is 17.1 Å². The lowest BCUT2D eigenvalue weighted by Gasteiger charge is -2.14. The first kappa shape index (κ1) is 19.8. The van der Waals surface area contributed by atoms with Gasteiger partial charge in [-0.25, -0.2) is 5.48 Å². The van der Waals surface area contributed by atoms with E-state index in [1.54, 1.807) is 12.4 Å². The third kappa shape index (κ3) is 4.11. The fourth-order valence-corrected chi connectivity index (χ4v) is 3.52. The molecule has 1 aliphatic rings. The Morgan fingerprint density at radius 1 is 1.27 bits per heavy atom. The van der Waals surface area contributed by atoms with E-state index in [0.29, 0.717) is 13.0 Å². The number of ether oxygens (including phenoxy) is 1. The van der Waals surface area contributed by atoms with Crippen LogP contribution in [0.1, 0.15) is 30.2 Å². The Morgan fingerprint density at radius 2 is 2.03 bits per heavy atom. The van der Waals surface area contributed by atoms with Gasteiger partial charge in [-0.3, -0.25) is 15.0 Å². The van der Waals surface area contributed by atoms with Gasteiger partial charge in [0, 0.05) is 23.1 Å². The minimum Gasteiger partial charge on any atom is -0.489 e. The number of nitrogens with one attached hydrogen (secondary N) is 1. The Hall–Kier alpha value is -3.45. The molecule has 2 heterocycles. The highest BCUT2D eigenvalue weighted by Gasteiger charge is 2.31. The number of oxime groups is 1. The molecule has 2 N–H and O–H groups in total. The van der Waals surface area contributed by atoms with E-state index in [0.717, 1.165) is 39.2 Å². The van der Waals surface area contributed by atoms with E-state index in [1.807, 2.05) is 55.5 Å². The number of amides is 1. The van der Waals surface area contributed by atoms with Gasteiger partial charge in [-0.05, 0) is 55.8 Å². The van der Waals surface area contributed by atoms with Crippen molar-refractivity contribution in [2.45, 2.75) is 33.0 Å². The van der Waals surface area contributed by atoms with Gasteiger partial charge >= 0.3 is 0 Å². The molecule has 7 heteroatoms. The molecule has 4 rings (SSSR count). The van der Waals surface area contributed by atoms with Crippen LogP contribution in [0.2, 0.25) is 0 Å². The van der Waals surface area contributed by atoms with E-state index in [9.17, 15) is 4.79 Å². The van der Waals surface area contributed by atoms with Crippen molar-refractivity contribution in [2.75, 3.05) is 0 Å². The number of hydrogen-bond acceptors (Lipinski definition) is 6. The number of hydroxylamine groups is 1. The first-order valence-electron chi connectivity index (χ1n) is 9.80. The second-order valence-corrected chi connectivity index (χ2v) is 7.40. The molecule has 2 atom stereocenters. The van der Waals surface area contributed by atoms with Crippen LogP contribution in [-0.4, -0.2) is 27.9 Å². The summed E-state index contributed by atoms with van der Waals surface area (Å²) in [6, 6.07) is 17.7. The topological polar surface area (TPSA) is 93.0 Å². The molecule has 0 radical (unpaired) electrons. The zero-order chi connectivity index (χ0) is 21.1. The zero-order valence-electron chi connectivity index (χ0n) is 16.8. The van der Waals surface area contributed by atoms with Crippen LogP contribution < -0.4 is 10.2 Å². The number of pyridine rings is 1. The molecule has 0 bridgehead atoms. The van der Waals surface area contributed by atoms with Gasteiger partial charge in [0.25, 0.3) is 0 Å². The minimum absolute atomic E-state index is 0.397. The first-order chi connectivity index (χ1) is 14.5. The van der Waals surface area contributed by atoms with E-state index in [-0.39, 0.29) is 0 Å². The minimum atomic E-state index is -0.502. The lowest BCUT2D eigenvalue weighted by atomic mass is 9.96. The van der Waals surface area contributed by atoms with E-state index >= 15 is 0 Å². The summed E-state index contributed by atoms with van der Waals surface area (Å²) in [5, 5.41) is 14.0. The number of aromatic nitrogens is 1. The van der Waals surface area contributed by atoms with Crippen LogP contribution in [0, 0.1) is 12.8 Å². The van der Waals surface area contributed by atoms with E-state index in [4.69, 9.17) is 14.8 Å². The summed E-state index contributed by atoms with van der Waals surface area (Å²) < 4.78 is 6.00. The van der Waals surface area contributed by atoms with Crippen molar-refractivity contribution in [3.63, 3.8) is 0 Å². The lowest BCUT2D eigenvalue weighted by Crippen LogP contribution is -2.34. The smallest absolute Gasteiger partial charge is 0.250 e. The van der Waals surface area contributed by atoms with Crippen LogP contribution in [-0.2, 0) is 16.2 Å². The molecule has 3 aromatic rings. The molecule has 30 heavy (non-hydrogen) atoms. The van der Waals surface area contributed by atoms with E-state index in [2.05, 4.69) is 16.2 Å². The summed E-state index contributed by atoms with van der Waals surface area (Å²) in [5.41, 5.74) is 6.34. The van der Waals surface area contributed by atoms with E-state index < -0.39 is 17.9 Å². The predicted octanol–water partition coefficient (Wildman–Crippen LogP) is 3.76. The molecule has 0 aliphatic carbocycles. The maximum Gasteiger partial charge on any atom is 0.250 e. The Balaban J connectivity index is 1.41. The average molecular weight is 405 g/mol. The molecule has 154 valence electrons. The Kier molecular flexibility index (Phi) is 5.63. The van der Waals surface area contributed by atoms with Crippen molar-refractivity contribution in [1.82, 2.24) is 10.5 Å². The number of carbonyl (C=O) groups is 1. The first-order valence-corrected chi connectivity index (χ1v) is 9.80. The summed E-state index contributed by atoms with van der Waals surface area (Å²) in [6.45, 7) is 4.12. The number of hydrogen-bond donors (Lipinski definition) is 2. The number of para-hydroxylation sites is 1. The number of nitrogens with zero attached hydrogens (tertiary/aromatic N) is 2. The predicted molar refractivity (Wildman–Crippen MR) is 112 cm³/mol. The second-order valence-electron chi connectivity index (χ2n) is 7.40. The van der Waals surface area contributed by atoms with Gasteiger partial charge in [-0.1, -0.05) is 23.4 Å². The molecule has 0 saturated carbocycles. The molecule has 7 nitrogen and oxygen atoms in total. The fraction of sp³-hybridized carbons (Fsp3) is 0.261. The molecule has 0 fully saturated rings. The van der Waals surface area contributed by atoms with Crippen LogP contribution in [0.25, 0.3) is 10.9 Å². The molecular formula is C23H23N3O4. The average Bonchev–Trinajstić information content (AvgIpc) is 3.27. The number of rotatable bonds is 6. The monoisotopic (exact) mass is 405 g/mol. The standard InChI is InChI=1S/C23H23N3O4/c1-14-11-17(19-5-3-4-6-20(19)24-14)13-29-18-9-7-16(8-10-18)21-12-22(30-26-21)15(2)23(27)25-28/h3-11,15,22,28H,12-13H2,1-2H3,(H,25,27). The molecule has 1 aromatic heterocycles. The maximum atomic E-state index is 11.6. The zero-order valence-corrected chi connectivity index (χ0v) is 16.8. The molecular weight excluding hydrogens is 382 g/mol. The highest BCUT2D eigenvalue weighted by Crippen LogP contribution is 2.25. The van der Waals surface area contributed by atoms with Gasteiger partial charge in [0.1, 0.15) is 18.5 Å². The van der Waals surface area contributed by atoms with Crippen molar-refractivity contribution in [2.24, 2.45) is 11.1 Å². The maximum absolute atomic E-state index is 11.6. The van der Waals surface area contributed by atoms with Gasteiger partial charge in [0.15, 0.2) is 0 Å². The quantitative estimate of drug-likeness (QED) is 0.481. The molecule has 1 amide bonds. The third-order valence-corrected chi connectivity index (χ3v) is 5.29. The van der Waals surface area contributed by atoms with E-state index in [1.165, 1.54) is 0 Å². The van der Waals surface area contributed by atoms with Gasteiger partial charge in [0.2, 0.25) is 5.91 Å². The summed E-state index contributed by atoms with van der Waals surface area (Å²) in [7, 11) is 0. The molecule has 2 unspecified atom stereocenters. The normalized spacial score (nSPS) is 16.6. The van der Waals surface area contributed by atoms with Gasteiger partial charge in [-0.15, -0.1) is 0 Å². The summed E-state index contributed by atoms with van der Waals surface area (Å²) in [4.78, 5) is 21.5. The van der Waals surface area contributed by atoms with Gasteiger partial charge < -0.3 is 9.57 Å². The molecule has 2 aromatic carbocycles. The summed E-state index contributed by atoms with van der Waals surface area (Å²) >= 11 is 0. The lowest BCUT2D eigenvalue weighted by molar-refractivity contribution is -0.137. The molecule has 0 saturated heterocycles. The largest absolute Gasteiger partial charge is 0.489 e. The molecule has 0 spiro atoms. The SMILES string of the molecule is Cc1cc(COc2ccc(C3=NOC(C(C)C(=O)NO)C3)cc2)c2ccccc2n1. The molecule has 1 aliphatic heterocycles.